The molecule has 0 bridgehead atoms. The van der Waals surface area contributed by atoms with Crippen molar-refractivity contribution in [3.05, 3.63) is 86.8 Å². The van der Waals surface area contributed by atoms with E-state index in [4.69, 9.17) is 28.8 Å². The fraction of sp³-hybridized carbons (Fsp3) is 0.269. The van der Waals surface area contributed by atoms with Crippen LogP contribution < -0.4 is 10.9 Å². The average Bonchev–Trinajstić information content (AvgIpc) is 3.27. The van der Waals surface area contributed by atoms with Crippen molar-refractivity contribution in [2.24, 2.45) is 0 Å². The first-order valence-electron chi connectivity index (χ1n) is 11.4. The highest BCUT2D eigenvalue weighted by molar-refractivity contribution is 7.80. The maximum atomic E-state index is 12.8. The van der Waals surface area contributed by atoms with E-state index in [1.54, 1.807) is 6.07 Å². The largest absolute Gasteiger partial charge is 0.349 e. The molecule has 1 saturated heterocycles. The zero-order valence-electron chi connectivity index (χ0n) is 19.1. The highest BCUT2D eigenvalue weighted by atomic mass is 35.5. The molecule has 6 nitrogen and oxygen atoms in total. The number of piperidine rings is 1. The van der Waals surface area contributed by atoms with Gasteiger partial charge >= 0.3 is 0 Å². The Balaban J connectivity index is 1.30. The molecular formula is C26H26ClN5OS. The molecule has 1 fully saturated rings. The predicted octanol–water partition coefficient (Wildman–Crippen LogP) is 5.54. The summed E-state index contributed by atoms with van der Waals surface area (Å²) in [7, 11) is 0. The molecule has 0 amide bonds. The van der Waals surface area contributed by atoms with Gasteiger partial charge in [0.25, 0.3) is 5.56 Å². The zero-order chi connectivity index (χ0) is 23.8. The summed E-state index contributed by atoms with van der Waals surface area (Å²) in [6, 6.07) is 17.3. The van der Waals surface area contributed by atoms with Gasteiger partial charge in [-0.15, -0.1) is 0 Å². The first kappa shape index (κ1) is 22.6. The number of likely N-dealkylation sites (tertiary alicyclic amines) is 1. The normalized spacial score (nSPS) is 14.5. The molecule has 5 rings (SSSR count). The van der Waals surface area contributed by atoms with Gasteiger partial charge in [0, 0.05) is 41.9 Å². The van der Waals surface area contributed by atoms with Crippen molar-refractivity contribution in [2.75, 3.05) is 18.4 Å². The number of thiocarbonyl (C=S) groups is 1. The highest BCUT2D eigenvalue weighted by Gasteiger charge is 2.24. The minimum absolute atomic E-state index is 0.102. The molecule has 0 atom stereocenters. The van der Waals surface area contributed by atoms with Crippen LogP contribution in [-0.2, 0) is 0 Å². The van der Waals surface area contributed by atoms with E-state index < -0.39 is 0 Å². The number of nitrogens with zero attached hydrogens (tertiary/aromatic N) is 3. The fourth-order valence-electron chi connectivity index (χ4n) is 4.57. The van der Waals surface area contributed by atoms with Crippen LogP contribution in [0, 0.1) is 13.8 Å². The van der Waals surface area contributed by atoms with E-state index >= 15 is 0 Å². The van der Waals surface area contributed by atoms with Gasteiger partial charge in [-0.2, -0.15) is 0 Å². The van der Waals surface area contributed by atoms with E-state index in [0.29, 0.717) is 10.7 Å². The third kappa shape index (κ3) is 4.45. The van der Waals surface area contributed by atoms with Crippen molar-refractivity contribution in [3.8, 4) is 11.3 Å². The van der Waals surface area contributed by atoms with Crippen LogP contribution >= 0.6 is 23.8 Å². The number of hydrogen-bond acceptors (Lipinski definition) is 3. The number of aromatic amines is 1. The Morgan fingerprint density at radius 1 is 1.09 bits per heavy atom. The predicted molar refractivity (Wildman–Crippen MR) is 142 cm³/mol. The number of anilines is 1. The summed E-state index contributed by atoms with van der Waals surface area (Å²) >= 11 is 11.7. The van der Waals surface area contributed by atoms with E-state index in [1.807, 2.05) is 30.3 Å². The van der Waals surface area contributed by atoms with Crippen molar-refractivity contribution < 1.29 is 0 Å². The van der Waals surface area contributed by atoms with Crippen LogP contribution in [0.2, 0.25) is 5.02 Å². The molecule has 0 saturated carbocycles. The highest BCUT2D eigenvalue weighted by Crippen LogP contribution is 2.28. The lowest BCUT2D eigenvalue weighted by Crippen LogP contribution is -2.40. The lowest BCUT2D eigenvalue weighted by molar-refractivity contribution is 0.313. The number of fused-ring (bicyclic) bond motifs is 1. The molecule has 0 spiro atoms. The molecule has 8 heteroatoms. The molecule has 0 radical (unpaired) electrons. The van der Waals surface area contributed by atoms with E-state index in [1.165, 1.54) is 15.6 Å². The third-order valence-electron chi connectivity index (χ3n) is 6.54. The summed E-state index contributed by atoms with van der Waals surface area (Å²) in [6.45, 7) is 5.82. The summed E-state index contributed by atoms with van der Waals surface area (Å²) in [4.78, 5) is 19.8. The molecule has 2 aromatic carbocycles. The van der Waals surface area contributed by atoms with E-state index in [9.17, 15) is 4.79 Å². The number of halogens is 1. The Morgan fingerprint density at radius 2 is 1.76 bits per heavy atom. The van der Waals surface area contributed by atoms with Crippen LogP contribution in [0.1, 0.15) is 35.6 Å². The smallest absolute Gasteiger partial charge is 0.272 e. The number of H-pyrrole nitrogens is 1. The fourth-order valence-corrected chi connectivity index (χ4v) is 4.98. The van der Waals surface area contributed by atoms with Crippen LogP contribution in [-0.4, -0.2) is 37.7 Å². The van der Waals surface area contributed by atoms with Crippen molar-refractivity contribution in [1.82, 2.24) is 19.5 Å². The Morgan fingerprint density at radius 3 is 2.44 bits per heavy atom. The van der Waals surface area contributed by atoms with Crippen molar-refractivity contribution in [1.29, 1.82) is 0 Å². The first-order valence-corrected chi connectivity index (χ1v) is 12.2. The van der Waals surface area contributed by atoms with Crippen molar-refractivity contribution >= 4 is 40.3 Å². The number of aryl methyl sites for hydroxylation is 2. The molecule has 4 aromatic rings. The van der Waals surface area contributed by atoms with Crippen LogP contribution in [0.15, 0.2) is 59.4 Å². The van der Waals surface area contributed by atoms with E-state index in [-0.39, 0.29) is 11.5 Å². The number of hydrogen-bond donors (Lipinski definition) is 2. The molecule has 0 unspecified atom stereocenters. The number of aromatic nitrogens is 3. The molecule has 3 heterocycles. The molecule has 2 N–H and O–H groups in total. The lowest BCUT2D eigenvalue weighted by atomic mass is 9.93. The molecule has 174 valence electrons. The maximum Gasteiger partial charge on any atom is 0.272 e. The Kier molecular flexibility index (Phi) is 6.15. The Hall–Kier alpha value is -3.16. The SMILES string of the molecule is Cc1cccc(C)c1NC(=S)N1CCC(c2cc(=O)n3[nH]c(-c4ccc(Cl)cc4)cc3n2)CC1. The summed E-state index contributed by atoms with van der Waals surface area (Å²) in [5.41, 5.74) is 6.60. The van der Waals surface area contributed by atoms with Crippen LogP contribution in [0.25, 0.3) is 16.9 Å². The molecule has 2 aromatic heterocycles. The van der Waals surface area contributed by atoms with Gasteiger partial charge in [0.1, 0.15) is 0 Å². The number of benzene rings is 2. The molecule has 1 aliphatic heterocycles. The van der Waals surface area contributed by atoms with Crippen LogP contribution in [0.4, 0.5) is 5.69 Å². The molecule has 34 heavy (non-hydrogen) atoms. The monoisotopic (exact) mass is 491 g/mol. The Labute approximate surface area is 208 Å². The van der Waals surface area contributed by atoms with Gasteiger partial charge in [-0.1, -0.05) is 41.9 Å². The van der Waals surface area contributed by atoms with Gasteiger partial charge in [-0.25, -0.2) is 9.50 Å². The molecular weight excluding hydrogens is 466 g/mol. The minimum Gasteiger partial charge on any atom is -0.349 e. The second kappa shape index (κ2) is 9.24. The second-order valence-electron chi connectivity index (χ2n) is 8.85. The average molecular weight is 492 g/mol. The van der Waals surface area contributed by atoms with Gasteiger partial charge in [-0.05, 0) is 67.7 Å². The van der Waals surface area contributed by atoms with Gasteiger partial charge in [0.05, 0.1) is 11.4 Å². The van der Waals surface area contributed by atoms with Crippen molar-refractivity contribution in [2.45, 2.75) is 32.6 Å². The number of para-hydroxylation sites is 1. The van der Waals surface area contributed by atoms with Gasteiger partial charge in [0.2, 0.25) is 0 Å². The van der Waals surface area contributed by atoms with Gasteiger partial charge < -0.3 is 10.2 Å². The molecule has 1 aliphatic rings. The topological polar surface area (TPSA) is 65.4 Å². The zero-order valence-corrected chi connectivity index (χ0v) is 20.7. The van der Waals surface area contributed by atoms with Gasteiger partial charge in [0.15, 0.2) is 10.8 Å². The molecule has 0 aliphatic carbocycles. The summed E-state index contributed by atoms with van der Waals surface area (Å²) in [6.07, 6.45) is 1.79. The van der Waals surface area contributed by atoms with Crippen molar-refractivity contribution in [3.63, 3.8) is 0 Å². The third-order valence-corrected chi connectivity index (χ3v) is 7.15. The van der Waals surface area contributed by atoms with Gasteiger partial charge in [-0.3, -0.25) is 9.89 Å². The summed E-state index contributed by atoms with van der Waals surface area (Å²) < 4.78 is 1.49. The Bertz CT molecular complexity index is 1400. The lowest BCUT2D eigenvalue weighted by Gasteiger charge is -2.34. The van der Waals surface area contributed by atoms with Crippen LogP contribution in [0.3, 0.4) is 0 Å². The van der Waals surface area contributed by atoms with Crippen LogP contribution in [0.5, 0.6) is 0 Å². The first-order chi connectivity index (χ1) is 16.4. The standard InChI is InChI=1S/C26H26ClN5OS/c1-16-4-3-5-17(2)25(16)29-26(34)31-12-10-19(11-13-31)21-15-24(33)32-23(28-21)14-22(30-32)18-6-8-20(27)9-7-18/h3-9,14-15,19,30H,10-13H2,1-2H3,(H,29,34). The summed E-state index contributed by atoms with van der Waals surface area (Å²) in [5, 5.41) is 8.00. The summed E-state index contributed by atoms with van der Waals surface area (Å²) in [5.74, 6) is 0.228. The maximum absolute atomic E-state index is 12.8. The number of nitrogens with one attached hydrogen (secondary N) is 2. The second-order valence-corrected chi connectivity index (χ2v) is 9.67. The minimum atomic E-state index is -0.102. The van der Waals surface area contributed by atoms with E-state index in [0.717, 1.165) is 53.7 Å². The number of rotatable bonds is 3. The quantitative estimate of drug-likeness (QED) is 0.368. The van der Waals surface area contributed by atoms with E-state index in [2.05, 4.69) is 47.4 Å².